The topological polar surface area (TPSA) is 20.3 Å². The molecule has 1 atom stereocenters. The van der Waals surface area contributed by atoms with Gasteiger partial charge in [0.15, 0.2) is 0 Å². The third kappa shape index (κ3) is 6.56. The summed E-state index contributed by atoms with van der Waals surface area (Å²) in [4.78, 5) is 2.07. The molecule has 0 bridgehead atoms. The van der Waals surface area contributed by atoms with Crippen LogP contribution in [0.5, 0.6) is 0 Å². The maximum Gasteiger partial charge on any atom is 0.0795 e. The van der Waals surface area contributed by atoms with E-state index < -0.39 is 10.8 Å². The van der Waals surface area contributed by atoms with Crippen LogP contribution in [0.25, 0.3) is 6.08 Å². The lowest BCUT2D eigenvalue weighted by Crippen LogP contribution is -2.18. The fraction of sp³-hybridized carbons (Fsp3) is 0.474. The lowest BCUT2D eigenvalue weighted by Gasteiger charge is -2.21. The molecule has 126 valence electrons. The van der Waals surface area contributed by atoms with Crippen LogP contribution in [0, 0.1) is 0 Å². The smallest absolute Gasteiger partial charge is 0.0795 e. The lowest BCUT2D eigenvalue weighted by molar-refractivity contribution is 0.506. The first-order valence-electron chi connectivity index (χ1n) is 8.30. The Bertz CT molecular complexity index is 546. The third-order valence-electron chi connectivity index (χ3n) is 3.98. The second-order valence-electron chi connectivity index (χ2n) is 6.06. The predicted molar refractivity (Wildman–Crippen MR) is 105 cm³/mol. The molecule has 1 fully saturated rings. The third-order valence-corrected chi connectivity index (χ3v) is 6.85. The number of hydrogen-bond acceptors (Lipinski definition) is 3. The second-order valence-corrected chi connectivity index (χ2v) is 8.66. The van der Waals surface area contributed by atoms with Gasteiger partial charge in [-0.15, -0.1) is 11.8 Å². The Balaban J connectivity index is 1.89. The van der Waals surface area contributed by atoms with Crippen molar-refractivity contribution in [2.45, 2.75) is 37.4 Å². The summed E-state index contributed by atoms with van der Waals surface area (Å²) < 4.78 is 12.5. The van der Waals surface area contributed by atoms with E-state index in [1.165, 1.54) is 24.8 Å². The van der Waals surface area contributed by atoms with E-state index in [9.17, 15) is 4.21 Å². The largest absolute Gasteiger partial charge is 0.372 e. The zero-order valence-electron chi connectivity index (χ0n) is 14.1. The molecule has 23 heavy (non-hydrogen) atoms. The molecule has 0 aliphatic heterocycles. The minimum Gasteiger partial charge on any atom is -0.372 e. The van der Waals surface area contributed by atoms with E-state index in [-0.39, 0.29) is 0 Å². The lowest BCUT2D eigenvalue weighted by atomic mass is 10.0. The fourth-order valence-corrected chi connectivity index (χ4v) is 5.22. The van der Waals surface area contributed by atoms with Crippen molar-refractivity contribution in [3.8, 4) is 0 Å². The van der Waals surface area contributed by atoms with Crippen LogP contribution in [0.3, 0.4) is 0 Å². The maximum atomic E-state index is 12.5. The molecule has 1 aliphatic rings. The minimum absolute atomic E-state index is 0.360. The minimum atomic E-state index is -0.847. The van der Waals surface area contributed by atoms with Gasteiger partial charge in [0.25, 0.3) is 0 Å². The molecule has 1 aromatic rings. The fourth-order valence-electron chi connectivity index (χ4n) is 2.64. The number of hydrogen-bond donors (Lipinski definition) is 0. The van der Waals surface area contributed by atoms with Crippen molar-refractivity contribution in [2.75, 3.05) is 19.8 Å². The molecule has 0 amide bonds. The number of nitrogens with zero attached hydrogens (tertiary/aromatic N) is 1. The SMILES string of the molecule is CN(C)/C(=C/[S@@](=O)C1CCCCC1)SC/C=C/c1ccccc1. The molecule has 0 heterocycles. The molecule has 1 saturated carbocycles. The van der Waals surface area contributed by atoms with E-state index >= 15 is 0 Å². The average Bonchev–Trinajstić information content (AvgIpc) is 2.59. The Morgan fingerprint density at radius 2 is 1.91 bits per heavy atom. The van der Waals surface area contributed by atoms with Crippen molar-refractivity contribution in [1.82, 2.24) is 4.90 Å². The van der Waals surface area contributed by atoms with Gasteiger partial charge in [0.2, 0.25) is 0 Å². The first kappa shape index (κ1) is 18.3. The molecule has 2 nitrogen and oxygen atoms in total. The van der Waals surface area contributed by atoms with Crippen LogP contribution in [0.15, 0.2) is 46.8 Å². The summed E-state index contributed by atoms with van der Waals surface area (Å²) in [5, 5.41) is 3.43. The summed E-state index contributed by atoms with van der Waals surface area (Å²) in [6, 6.07) is 10.3. The van der Waals surface area contributed by atoms with Gasteiger partial charge in [0.1, 0.15) is 0 Å². The molecule has 0 radical (unpaired) electrons. The Labute approximate surface area is 147 Å². The van der Waals surface area contributed by atoms with E-state index in [1.807, 2.05) is 37.7 Å². The van der Waals surface area contributed by atoms with Gasteiger partial charge in [-0.3, -0.25) is 4.21 Å². The van der Waals surface area contributed by atoms with Gasteiger partial charge in [0.05, 0.1) is 15.8 Å². The van der Waals surface area contributed by atoms with Gasteiger partial charge >= 0.3 is 0 Å². The summed E-state index contributed by atoms with van der Waals surface area (Å²) in [7, 11) is 3.20. The van der Waals surface area contributed by atoms with Gasteiger partial charge in [-0.05, 0) is 18.4 Å². The zero-order valence-corrected chi connectivity index (χ0v) is 15.7. The van der Waals surface area contributed by atoms with Crippen LogP contribution in [-0.4, -0.2) is 34.2 Å². The highest BCUT2D eigenvalue weighted by Gasteiger charge is 2.19. The molecule has 0 unspecified atom stereocenters. The van der Waals surface area contributed by atoms with E-state index in [0.29, 0.717) is 5.25 Å². The zero-order chi connectivity index (χ0) is 16.5. The van der Waals surface area contributed by atoms with Crippen LogP contribution >= 0.6 is 11.8 Å². The summed E-state index contributed by atoms with van der Waals surface area (Å²) >= 11 is 1.75. The maximum absolute atomic E-state index is 12.5. The summed E-state index contributed by atoms with van der Waals surface area (Å²) in [5.74, 6) is 0.890. The van der Waals surface area contributed by atoms with Gasteiger partial charge in [0, 0.05) is 30.5 Å². The monoisotopic (exact) mass is 349 g/mol. The highest BCUT2D eigenvalue weighted by Crippen LogP contribution is 2.26. The Morgan fingerprint density at radius 3 is 2.57 bits per heavy atom. The number of benzene rings is 1. The predicted octanol–water partition coefficient (Wildman–Crippen LogP) is 4.87. The molecule has 4 heteroatoms. The van der Waals surface area contributed by atoms with Crippen LogP contribution in [-0.2, 0) is 10.8 Å². The van der Waals surface area contributed by atoms with E-state index in [4.69, 9.17) is 0 Å². The molecule has 0 aromatic heterocycles. The number of rotatable bonds is 7. The average molecular weight is 350 g/mol. The van der Waals surface area contributed by atoms with Gasteiger partial charge in [-0.25, -0.2) is 0 Å². The number of thioether (sulfide) groups is 1. The van der Waals surface area contributed by atoms with Crippen molar-refractivity contribution in [3.05, 3.63) is 52.4 Å². The first-order chi connectivity index (χ1) is 11.2. The highest BCUT2D eigenvalue weighted by atomic mass is 32.2. The van der Waals surface area contributed by atoms with E-state index in [1.54, 1.807) is 11.8 Å². The van der Waals surface area contributed by atoms with Gasteiger partial charge in [-0.2, -0.15) is 0 Å². The highest BCUT2D eigenvalue weighted by molar-refractivity contribution is 8.03. The van der Waals surface area contributed by atoms with Crippen molar-refractivity contribution in [2.24, 2.45) is 0 Å². The Kier molecular flexibility index (Phi) is 7.96. The van der Waals surface area contributed by atoms with Gasteiger partial charge in [-0.1, -0.05) is 61.7 Å². The Morgan fingerprint density at radius 1 is 1.22 bits per heavy atom. The Hall–Kier alpha value is -1.00. The standard InChI is InChI=1S/C19H27NOS2/c1-20(2)19(16-23(21)18-13-7-4-8-14-18)22-15-9-12-17-10-5-3-6-11-17/h3,5-6,9-12,16,18H,4,7-8,13-15H2,1-2H3/b12-9+,19-16-/t23-/m1/s1. The normalized spacial score (nSPS) is 18.3. The molecule has 0 N–H and O–H groups in total. The van der Waals surface area contributed by atoms with Crippen LogP contribution in [0.1, 0.15) is 37.7 Å². The van der Waals surface area contributed by atoms with E-state index in [0.717, 1.165) is 23.6 Å². The molecule has 1 aromatic carbocycles. The molecule has 1 aliphatic carbocycles. The van der Waals surface area contributed by atoms with Crippen molar-refractivity contribution in [3.63, 3.8) is 0 Å². The van der Waals surface area contributed by atoms with Gasteiger partial charge < -0.3 is 4.90 Å². The molecular formula is C19H27NOS2. The molecular weight excluding hydrogens is 322 g/mol. The first-order valence-corrected chi connectivity index (χ1v) is 10.6. The van der Waals surface area contributed by atoms with Crippen LogP contribution < -0.4 is 0 Å². The summed E-state index contributed by atoms with van der Waals surface area (Å²) in [6.07, 6.45) is 10.3. The van der Waals surface area contributed by atoms with Crippen molar-refractivity contribution in [1.29, 1.82) is 0 Å². The van der Waals surface area contributed by atoms with Crippen molar-refractivity contribution >= 4 is 28.6 Å². The molecule has 2 rings (SSSR count). The van der Waals surface area contributed by atoms with E-state index in [2.05, 4.69) is 29.2 Å². The second kappa shape index (κ2) is 9.99. The summed E-state index contributed by atoms with van der Waals surface area (Å²) in [5.41, 5.74) is 1.22. The van der Waals surface area contributed by atoms with Crippen LogP contribution in [0.4, 0.5) is 0 Å². The van der Waals surface area contributed by atoms with Crippen LogP contribution in [0.2, 0.25) is 0 Å². The van der Waals surface area contributed by atoms with Crippen molar-refractivity contribution < 1.29 is 4.21 Å². The summed E-state index contributed by atoms with van der Waals surface area (Å²) in [6.45, 7) is 0. The molecule has 0 spiro atoms. The molecule has 0 saturated heterocycles. The quantitative estimate of drug-likeness (QED) is 0.700.